The van der Waals surface area contributed by atoms with Crippen LogP contribution in [0.2, 0.25) is 0 Å². The van der Waals surface area contributed by atoms with Crippen LogP contribution in [0.3, 0.4) is 0 Å². The summed E-state index contributed by atoms with van der Waals surface area (Å²) in [6.07, 6.45) is -0.230. The zero-order valence-electron chi connectivity index (χ0n) is 13.7. The molecule has 0 amide bonds. The predicted molar refractivity (Wildman–Crippen MR) is 87.7 cm³/mol. The molecule has 25 heavy (non-hydrogen) atoms. The van der Waals surface area contributed by atoms with Crippen LogP contribution >= 0.6 is 0 Å². The third-order valence-corrected chi connectivity index (χ3v) is 3.77. The van der Waals surface area contributed by atoms with Gasteiger partial charge in [0.15, 0.2) is 17.6 Å². The molecule has 0 N–H and O–H groups in total. The van der Waals surface area contributed by atoms with Gasteiger partial charge in [-0.3, -0.25) is 4.79 Å². The lowest BCUT2D eigenvalue weighted by Gasteiger charge is -2.13. The van der Waals surface area contributed by atoms with Gasteiger partial charge in [0, 0.05) is 12.0 Å². The number of esters is 1. The van der Waals surface area contributed by atoms with E-state index in [2.05, 4.69) is 0 Å². The maximum absolute atomic E-state index is 12.9. The van der Waals surface area contributed by atoms with Gasteiger partial charge in [0.25, 0.3) is 0 Å². The summed E-state index contributed by atoms with van der Waals surface area (Å²) in [7, 11) is 0. The molecule has 1 atom stereocenters. The average molecular weight is 344 g/mol. The zero-order chi connectivity index (χ0) is 17.8. The van der Waals surface area contributed by atoms with Gasteiger partial charge >= 0.3 is 5.97 Å². The highest BCUT2D eigenvalue weighted by Crippen LogP contribution is 2.30. The molecule has 0 saturated carbocycles. The highest BCUT2D eigenvalue weighted by atomic mass is 19.1. The molecule has 0 fully saturated rings. The third-order valence-electron chi connectivity index (χ3n) is 3.77. The number of halogens is 1. The molecule has 0 saturated heterocycles. The summed E-state index contributed by atoms with van der Waals surface area (Å²) >= 11 is 0. The van der Waals surface area contributed by atoms with Crippen molar-refractivity contribution in [2.75, 3.05) is 13.2 Å². The van der Waals surface area contributed by atoms with E-state index in [4.69, 9.17) is 14.2 Å². The summed E-state index contributed by atoms with van der Waals surface area (Å²) in [5.74, 6) is -0.427. The molecular formula is C19H17FO5. The van der Waals surface area contributed by atoms with Crippen molar-refractivity contribution in [1.29, 1.82) is 0 Å². The van der Waals surface area contributed by atoms with Crippen LogP contribution in [-0.2, 0) is 4.74 Å². The Morgan fingerprint density at radius 2 is 1.64 bits per heavy atom. The van der Waals surface area contributed by atoms with Gasteiger partial charge in [0.05, 0.1) is 18.8 Å². The van der Waals surface area contributed by atoms with Gasteiger partial charge in [-0.2, -0.15) is 0 Å². The Labute approximate surface area is 144 Å². The summed E-state index contributed by atoms with van der Waals surface area (Å²) in [6.45, 7) is 2.54. The molecule has 1 aliphatic rings. The van der Waals surface area contributed by atoms with Crippen LogP contribution in [0.15, 0.2) is 42.5 Å². The molecule has 130 valence electrons. The van der Waals surface area contributed by atoms with Crippen molar-refractivity contribution in [3.63, 3.8) is 0 Å². The van der Waals surface area contributed by atoms with Crippen LogP contribution in [0, 0.1) is 5.82 Å². The van der Waals surface area contributed by atoms with E-state index in [9.17, 15) is 14.0 Å². The van der Waals surface area contributed by atoms with Crippen molar-refractivity contribution in [3.8, 4) is 11.5 Å². The quantitative estimate of drug-likeness (QED) is 0.628. The van der Waals surface area contributed by atoms with Crippen molar-refractivity contribution in [2.45, 2.75) is 19.4 Å². The number of carbonyl (C=O) groups is 2. The number of benzene rings is 2. The summed E-state index contributed by atoms with van der Waals surface area (Å²) < 4.78 is 29.2. The van der Waals surface area contributed by atoms with E-state index >= 15 is 0 Å². The van der Waals surface area contributed by atoms with E-state index < -0.39 is 23.7 Å². The number of ketones is 1. The number of fused-ring (bicyclic) bond motifs is 1. The predicted octanol–water partition coefficient (Wildman–Crippen LogP) is 3.42. The summed E-state index contributed by atoms with van der Waals surface area (Å²) in [5, 5.41) is 0. The molecule has 5 nitrogen and oxygen atoms in total. The summed E-state index contributed by atoms with van der Waals surface area (Å²) in [4.78, 5) is 24.5. The Bertz CT molecular complexity index is 785. The number of Topliss-reactive ketones (excluding diaryl/α,β-unsaturated/α-hetero) is 1. The monoisotopic (exact) mass is 344 g/mol. The summed E-state index contributed by atoms with van der Waals surface area (Å²) in [5.41, 5.74) is 0.545. The fourth-order valence-corrected chi connectivity index (χ4v) is 2.42. The number of hydrogen-bond acceptors (Lipinski definition) is 5. The minimum Gasteiger partial charge on any atom is -0.490 e. The van der Waals surface area contributed by atoms with E-state index in [1.165, 1.54) is 37.3 Å². The summed E-state index contributed by atoms with van der Waals surface area (Å²) in [6, 6.07) is 9.83. The highest BCUT2D eigenvalue weighted by molar-refractivity contribution is 6.01. The highest BCUT2D eigenvalue weighted by Gasteiger charge is 2.22. The molecule has 0 spiro atoms. The molecule has 1 heterocycles. The van der Waals surface area contributed by atoms with E-state index in [0.29, 0.717) is 24.7 Å². The molecule has 0 bridgehead atoms. The van der Waals surface area contributed by atoms with E-state index in [1.54, 1.807) is 12.1 Å². The molecule has 2 aromatic rings. The van der Waals surface area contributed by atoms with E-state index in [1.807, 2.05) is 0 Å². The van der Waals surface area contributed by atoms with Crippen LogP contribution < -0.4 is 9.47 Å². The molecule has 3 rings (SSSR count). The van der Waals surface area contributed by atoms with Gasteiger partial charge in [0.1, 0.15) is 5.82 Å². The Morgan fingerprint density at radius 1 is 1.00 bits per heavy atom. The molecule has 0 radical (unpaired) electrons. The van der Waals surface area contributed by atoms with Crippen molar-refractivity contribution in [3.05, 3.63) is 59.4 Å². The largest absolute Gasteiger partial charge is 0.490 e. The van der Waals surface area contributed by atoms with Crippen LogP contribution in [0.4, 0.5) is 4.39 Å². The molecule has 0 aromatic heterocycles. The maximum Gasteiger partial charge on any atom is 0.338 e. The van der Waals surface area contributed by atoms with Gasteiger partial charge in [-0.1, -0.05) is 0 Å². The van der Waals surface area contributed by atoms with Gasteiger partial charge in [-0.25, -0.2) is 9.18 Å². The van der Waals surface area contributed by atoms with Crippen LogP contribution in [0.25, 0.3) is 0 Å². The van der Waals surface area contributed by atoms with Crippen LogP contribution in [0.1, 0.15) is 34.1 Å². The fraction of sp³-hybridized carbons (Fsp3) is 0.263. The van der Waals surface area contributed by atoms with Gasteiger partial charge < -0.3 is 14.2 Å². The first-order chi connectivity index (χ1) is 12.0. The minimum absolute atomic E-state index is 0.267. The number of ether oxygens (including phenoxy) is 3. The molecule has 1 unspecified atom stereocenters. The van der Waals surface area contributed by atoms with Crippen molar-refractivity contribution < 1.29 is 28.2 Å². The van der Waals surface area contributed by atoms with E-state index in [0.717, 1.165) is 6.42 Å². The Morgan fingerprint density at radius 3 is 2.36 bits per heavy atom. The molecule has 2 aromatic carbocycles. The lowest BCUT2D eigenvalue weighted by molar-refractivity contribution is 0.0318. The number of carbonyl (C=O) groups excluding carboxylic acids is 2. The van der Waals surface area contributed by atoms with E-state index in [-0.39, 0.29) is 11.1 Å². The molecule has 6 heteroatoms. The topological polar surface area (TPSA) is 61.8 Å². The smallest absolute Gasteiger partial charge is 0.338 e. The lowest BCUT2D eigenvalue weighted by Crippen LogP contribution is -2.24. The first kappa shape index (κ1) is 17.0. The second kappa shape index (κ2) is 7.34. The number of rotatable bonds is 4. The minimum atomic E-state index is -0.992. The van der Waals surface area contributed by atoms with Crippen molar-refractivity contribution in [1.82, 2.24) is 0 Å². The van der Waals surface area contributed by atoms with Gasteiger partial charge in [-0.15, -0.1) is 0 Å². The SMILES string of the molecule is CC(OC(=O)c1ccc2c(c1)OCCCO2)C(=O)c1ccc(F)cc1. The van der Waals surface area contributed by atoms with Gasteiger partial charge in [0.2, 0.25) is 5.78 Å². The first-order valence-electron chi connectivity index (χ1n) is 7.95. The first-order valence-corrected chi connectivity index (χ1v) is 7.95. The second-order valence-electron chi connectivity index (χ2n) is 5.63. The molecular weight excluding hydrogens is 327 g/mol. The third kappa shape index (κ3) is 3.96. The van der Waals surface area contributed by atoms with Crippen molar-refractivity contribution >= 4 is 11.8 Å². The second-order valence-corrected chi connectivity index (χ2v) is 5.63. The fourth-order valence-electron chi connectivity index (χ4n) is 2.42. The number of hydrogen-bond donors (Lipinski definition) is 0. The van der Waals surface area contributed by atoms with Crippen LogP contribution in [-0.4, -0.2) is 31.1 Å². The average Bonchev–Trinajstić information content (AvgIpc) is 2.86. The standard InChI is InChI=1S/C19H17FO5/c1-12(18(21)13-3-6-15(20)7-4-13)25-19(22)14-5-8-16-17(11-14)24-10-2-9-23-16/h3-8,11-12H,2,9-10H2,1H3. The molecule has 0 aliphatic carbocycles. The Hall–Kier alpha value is -2.89. The Balaban J connectivity index is 1.70. The maximum atomic E-state index is 12.9. The van der Waals surface area contributed by atoms with Crippen molar-refractivity contribution in [2.24, 2.45) is 0 Å². The Kier molecular flexibility index (Phi) is 4.97. The van der Waals surface area contributed by atoms with Gasteiger partial charge in [-0.05, 0) is 49.4 Å². The zero-order valence-corrected chi connectivity index (χ0v) is 13.7. The lowest BCUT2D eigenvalue weighted by atomic mass is 10.1. The van der Waals surface area contributed by atoms with Crippen LogP contribution in [0.5, 0.6) is 11.5 Å². The normalized spacial score (nSPS) is 14.3. The molecule has 1 aliphatic heterocycles.